The highest BCUT2D eigenvalue weighted by atomic mass is 35.5. The van der Waals surface area contributed by atoms with Crippen LogP contribution in [0.5, 0.6) is 0 Å². The van der Waals surface area contributed by atoms with Gasteiger partial charge in [0.1, 0.15) is 0 Å². The van der Waals surface area contributed by atoms with E-state index in [4.69, 9.17) is 11.6 Å². The maximum absolute atomic E-state index is 12.0. The second-order valence-corrected chi connectivity index (χ2v) is 6.05. The summed E-state index contributed by atoms with van der Waals surface area (Å²) in [6.07, 6.45) is 1.82. The number of nitrogens with zero attached hydrogens (tertiary/aromatic N) is 1. The van der Waals surface area contributed by atoms with Gasteiger partial charge >= 0.3 is 0 Å². The quantitative estimate of drug-likeness (QED) is 0.925. The minimum Gasteiger partial charge on any atom is -0.388 e. The molecular weight excluding hydrogens is 262 g/mol. The molecule has 1 unspecified atom stereocenters. The largest absolute Gasteiger partial charge is 0.388 e. The smallest absolute Gasteiger partial charge is 0.223 e. The summed E-state index contributed by atoms with van der Waals surface area (Å²) in [5.74, 6) is 0.106. The van der Waals surface area contributed by atoms with Gasteiger partial charge in [0, 0.05) is 24.5 Å². The minimum absolute atomic E-state index is 0.106. The predicted molar refractivity (Wildman–Crippen MR) is 76.3 cm³/mol. The Labute approximate surface area is 119 Å². The fourth-order valence-electron chi connectivity index (χ4n) is 2.36. The van der Waals surface area contributed by atoms with Crippen LogP contribution in [0.4, 0.5) is 0 Å². The van der Waals surface area contributed by atoms with E-state index in [9.17, 15) is 9.90 Å². The minimum atomic E-state index is -0.719. The molecule has 0 aliphatic carbocycles. The number of aryl methyl sites for hydroxylation is 2. The molecule has 1 fully saturated rings. The SMILES string of the molecule is Cc1ccc(CCC(=O)N2CCC(C)(O)C2)cc1Cl. The van der Waals surface area contributed by atoms with Gasteiger partial charge in [-0.25, -0.2) is 0 Å². The molecule has 0 aromatic heterocycles. The second kappa shape index (κ2) is 5.51. The van der Waals surface area contributed by atoms with Gasteiger partial charge in [-0.15, -0.1) is 0 Å². The van der Waals surface area contributed by atoms with Gasteiger partial charge in [-0.1, -0.05) is 23.7 Å². The van der Waals surface area contributed by atoms with Gasteiger partial charge in [-0.2, -0.15) is 0 Å². The van der Waals surface area contributed by atoms with E-state index in [1.807, 2.05) is 25.1 Å². The standard InChI is InChI=1S/C15H20ClNO2/c1-11-3-4-12(9-13(11)16)5-6-14(18)17-8-7-15(2,19)10-17/h3-4,9,19H,5-8,10H2,1-2H3. The number of carbonyl (C=O) groups excluding carboxylic acids is 1. The third-order valence-corrected chi connectivity index (χ3v) is 4.08. The van der Waals surface area contributed by atoms with Crippen LogP contribution in [-0.2, 0) is 11.2 Å². The van der Waals surface area contributed by atoms with E-state index in [-0.39, 0.29) is 5.91 Å². The third-order valence-electron chi connectivity index (χ3n) is 3.67. The molecule has 1 heterocycles. The number of amides is 1. The van der Waals surface area contributed by atoms with Crippen LogP contribution in [0.3, 0.4) is 0 Å². The van der Waals surface area contributed by atoms with Crippen LogP contribution in [0, 0.1) is 6.92 Å². The molecule has 0 saturated carbocycles. The molecule has 1 aromatic carbocycles. The van der Waals surface area contributed by atoms with E-state index < -0.39 is 5.60 Å². The number of rotatable bonds is 3. The fourth-order valence-corrected chi connectivity index (χ4v) is 2.56. The van der Waals surface area contributed by atoms with E-state index in [0.717, 1.165) is 16.1 Å². The summed E-state index contributed by atoms with van der Waals surface area (Å²) in [5, 5.41) is 10.6. The predicted octanol–water partition coefficient (Wildman–Crippen LogP) is 2.56. The molecule has 1 atom stereocenters. The van der Waals surface area contributed by atoms with Crippen molar-refractivity contribution in [1.82, 2.24) is 4.90 Å². The van der Waals surface area contributed by atoms with Crippen molar-refractivity contribution < 1.29 is 9.90 Å². The zero-order valence-corrected chi connectivity index (χ0v) is 12.2. The van der Waals surface area contributed by atoms with Gasteiger partial charge in [0.05, 0.1) is 5.60 Å². The summed E-state index contributed by atoms with van der Waals surface area (Å²) in [7, 11) is 0. The first-order valence-electron chi connectivity index (χ1n) is 6.63. The van der Waals surface area contributed by atoms with Crippen LogP contribution in [-0.4, -0.2) is 34.6 Å². The number of β-amino-alcohol motifs (C(OH)–C–C–N with tert-alkyl or cyclic N) is 1. The zero-order valence-electron chi connectivity index (χ0n) is 11.4. The van der Waals surface area contributed by atoms with E-state index >= 15 is 0 Å². The molecule has 0 bridgehead atoms. The van der Waals surface area contributed by atoms with Gasteiger partial charge in [0.25, 0.3) is 0 Å². The first kappa shape index (κ1) is 14.4. The molecule has 1 aliphatic heterocycles. The number of carbonyl (C=O) groups is 1. The Morgan fingerprint density at radius 2 is 2.26 bits per heavy atom. The van der Waals surface area contributed by atoms with E-state index in [1.165, 1.54) is 0 Å². The van der Waals surface area contributed by atoms with Crippen molar-refractivity contribution in [2.24, 2.45) is 0 Å². The van der Waals surface area contributed by atoms with Crippen molar-refractivity contribution in [3.05, 3.63) is 34.3 Å². The zero-order chi connectivity index (χ0) is 14.0. The van der Waals surface area contributed by atoms with Crippen LogP contribution in [0.15, 0.2) is 18.2 Å². The summed E-state index contributed by atoms with van der Waals surface area (Å²) in [4.78, 5) is 13.8. The van der Waals surface area contributed by atoms with Crippen molar-refractivity contribution >= 4 is 17.5 Å². The molecule has 0 spiro atoms. The lowest BCUT2D eigenvalue weighted by atomic mass is 10.1. The molecule has 104 valence electrons. The number of hydrogen-bond acceptors (Lipinski definition) is 2. The highest BCUT2D eigenvalue weighted by Crippen LogP contribution is 2.22. The second-order valence-electron chi connectivity index (χ2n) is 5.65. The van der Waals surface area contributed by atoms with Crippen LogP contribution in [0.2, 0.25) is 5.02 Å². The molecule has 0 radical (unpaired) electrons. The number of aliphatic hydroxyl groups is 1. The van der Waals surface area contributed by atoms with Crippen molar-refractivity contribution in [1.29, 1.82) is 0 Å². The van der Waals surface area contributed by atoms with Gasteiger partial charge in [0.2, 0.25) is 5.91 Å². The molecule has 1 amide bonds. The van der Waals surface area contributed by atoms with Crippen molar-refractivity contribution in [2.45, 2.75) is 38.7 Å². The lowest BCUT2D eigenvalue weighted by molar-refractivity contribution is -0.131. The van der Waals surface area contributed by atoms with Crippen molar-refractivity contribution in [3.63, 3.8) is 0 Å². The number of hydrogen-bond donors (Lipinski definition) is 1. The highest BCUT2D eigenvalue weighted by Gasteiger charge is 2.33. The summed E-state index contributed by atoms with van der Waals surface area (Å²) < 4.78 is 0. The van der Waals surface area contributed by atoms with Gasteiger partial charge < -0.3 is 10.0 Å². The Morgan fingerprint density at radius 1 is 1.53 bits per heavy atom. The third kappa shape index (κ3) is 3.71. The van der Waals surface area contributed by atoms with Gasteiger partial charge in [-0.3, -0.25) is 4.79 Å². The average molecular weight is 282 g/mol. The molecule has 19 heavy (non-hydrogen) atoms. The normalized spacial score (nSPS) is 22.8. The average Bonchev–Trinajstić information content (AvgIpc) is 2.71. The number of benzene rings is 1. The van der Waals surface area contributed by atoms with Crippen LogP contribution >= 0.6 is 11.6 Å². The van der Waals surface area contributed by atoms with Gasteiger partial charge in [-0.05, 0) is 43.9 Å². The molecule has 1 N–H and O–H groups in total. The summed E-state index contributed by atoms with van der Waals surface area (Å²) in [5.41, 5.74) is 1.41. The molecule has 4 heteroatoms. The molecule has 1 aliphatic rings. The maximum atomic E-state index is 12.0. The summed E-state index contributed by atoms with van der Waals surface area (Å²) >= 11 is 6.07. The van der Waals surface area contributed by atoms with Gasteiger partial charge in [0.15, 0.2) is 0 Å². The Morgan fingerprint density at radius 3 is 2.84 bits per heavy atom. The lowest BCUT2D eigenvalue weighted by Crippen LogP contribution is -2.33. The lowest BCUT2D eigenvalue weighted by Gasteiger charge is -2.19. The molecule has 1 aromatic rings. The van der Waals surface area contributed by atoms with E-state index in [1.54, 1.807) is 11.8 Å². The molecule has 2 rings (SSSR count). The fraction of sp³-hybridized carbons (Fsp3) is 0.533. The Bertz CT molecular complexity index is 485. The number of likely N-dealkylation sites (tertiary alicyclic amines) is 1. The van der Waals surface area contributed by atoms with Crippen molar-refractivity contribution in [2.75, 3.05) is 13.1 Å². The van der Waals surface area contributed by atoms with E-state index in [2.05, 4.69) is 0 Å². The first-order valence-corrected chi connectivity index (χ1v) is 7.00. The topological polar surface area (TPSA) is 40.5 Å². The monoisotopic (exact) mass is 281 g/mol. The number of halogens is 1. The molecule has 1 saturated heterocycles. The Hall–Kier alpha value is -1.06. The Kier molecular flexibility index (Phi) is 4.16. The van der Waals surface area contributed by atoms with Crippen molar-refractivity contribution in [3.8, 4) is 0 Å². The summed E-state index contributed by atoms with van der Waals surface area (Å²) in [6, 6.07) is 5.90. The first-order chi connectivity index (χ1) is 8.87. The Balaban J connectivity index is 1.88. The van der Waals surface area contributed by atoms with Crippen LogP contribution in [0.1, 0.15) is 30.9 Å². The summed E-state index contributed by atoms with van der Waals surface area (Å²) in [6.45, 7) is 4.84. The van der Waals surface area contributed by atoms with E-state index in [0.29, 0.717) is 32.4 Å². The van der Waals surface area contributed by atoms with Crippen LogP contribution in [0.25, 0.3) is 0 Å². The molecular formula is C15H20ClNO2. The molecule has 3 nitrogen and oxygen atoms in total. The van der Waals surface area contributed by atoms with Crippen LogP contribution < -0.4 is 0 Å². The highest BCUT2D eigenvalue weighted by molar-refractivity contribution is 6.31. The maximum Gasteiger partial charge on any atom is 0.223 e.